The van der Waals surface area contributed by atoms with Crippen LogP contribution in [0.2, 0.25) is 0 Å². The Bertz CT molecular complexity index is 446. The van der Waals surface area contributed by atoms with Crippen molar-refractivity contribution in [3.8, 4) is 0 Å². The molecule has 1 aliphatic heterocycles. The average Bonchev–Trinajstić information content (AvgIpc) is 2.85. The molecule has 1 saturated heterocycles. The third kappa shape index (κ3) is 3.07. The molecule has 1 fully saturated rings. The maximum Gasteiger partial charge on any atom is 0.303 e. The molecule has 2 rings (SSSR count). The number of carboxylic acid groups (broad SMARTS) is 1. The lowest BCUT2D eigenvalue weighted by Crippen LogP contribution is -2.28. The van der Waals surface area contributed by atoms with Crippen LogP contribution < -0.4 is 0 Å². The first-order valence-electron chi connectivity index (χ1n) is 5.32. The minimum Gasteiger partial charge on any atom is -0.481 e. The van der Waals surface area contributed by atoms with Crippen LogP contribution in [0.25, 0.3) is 0 Å². The van der Waals surface area contributed by atoms with Crippen LogP contribution in [-0.4, -0.2) is 35.0 Å². The molecule has 6 heteroatoms. The normalized spacial score (nSPS) is 19.6. The third-order valence-electron chi connectivity index (χ3n) is 2.82. The van der Waals surface area contributed by atoms with Gasteiger partial charge in [0.2, 0.25) is 0 Å². The van der Waals surface area contributed by atoms with Gasteiger partial charge in [0.1, 0.15) is 0 Å². The Balaban J connectivity index is 1.96. The van der Waals surface area contributed by atoms with Gasteiger partial charge in [-0.15, -0.1) is 11.3 Å². The second-order valence-corrected chi connectivity index (χ2v) is 6.57. The van der Waals surface area contributed by atoms with Crippen molar-refractivity contribution in [1.82, 2.24) is 4.90 Å². The standard InChI is InChI=1S/C11H12BrNO3S/c12-9-2-1-8(17-9)11(16)13-4-3-7(6-13)5-10(14)15/h1-2,7H,3-6H2,(H,14,15). The number of rotatable bonds is 3. The summed E-state index contributed by atoms with van der Waals surface area (Å²) in [4.78, 5) is 25.1. The first-order chi connectivity index (χ1) is 8.06. The Morgan fingerprint density at radius 3 is 2.88 bits per heavy atom. The Kier molecular flexibility index (Phi) is 3.83. The first-order valence-corrected chi connectivity index (χ1v) is 6.93. The summed E-state index contributed by atoms with van der Waals surface area (Å²) >= 11 is 4.73. The van der Waals surface area contributed by atoms with Crippen molar-refractivity contribution in [2.24, 2.45) is 5.92 Å². The second-order valence-electron chi connectivity index (χ2n) is 4.11. The van der Waals surface area contributed by atoms with Crippen LogP contribution in [0.4, 0.5) is 0 Å². The van der Waals surface area contributed by atoms with Crippen molar-refractivity contribution in [2.45, 2.75) is 12.8 Å². The van der Waals surface area contributed by atoms with Crippen LogP contribution in [0, 0.1) is 5.92 Å². The van der Waals surface area contributed by atoms with Gasteiger partial charge in [-0.2, -0.15) is 0 Å². The topological polar surface area (TPSA) is 57.6 Å². The highest BCUT2D eigenvalue weighted by Gasteiger charge is 2.28. The molecular weight excluding hydrogens is 306 g/mol. The smallest absolute Gasteiger partial charge is 0.303 e. The summed E-state index contributed by atoms with van der Waals surface area (Å²) in [5.74, 6) is -0.684. The number of hydrogen-bond donors (Lipinski definition) is 1. The largest absolute Gasteiger partial charge is 0.481 e. The van der Waals surface area contributed by atoms with E-state index >= 15 is 0 Å². The minimum atomic E-state index is -0.789. The maximum absolute atomic E-state index is 12.1. The van der Waals surface area contributed by atoms with E-state index in [0.717, 1.165) is 10.2 Å². The molecule has 4 nitrogen and oxygen atoms in total. The fourth-order valence-electron chi connectivity index (χ4n) is 2.02. The fourth-order valence-corrected chi connectivity index (χ4v) is 3.37. The lowest BCUT2D eigenvalue weighted by molar-refractivity contribution is -0.138. The number of carboxylic acids is 1. The highest BCUT2D eigenvalue weighted by atomic mass is 79.9. The number of carbonyl (C=O) groups excluding carboxylic acids is 1. The number of nitrogens with zero attached hydrogens (tertiary/aromatic N) is 1. The molecule has 1 aliphatic rings. The number of halogens is 1. The van der Waals surface area contributed by atoms with Crippen molar-refractivity contribution in [3.63, 3.8) is 0 Å². The van der Waals surface area contributed by atoms with Gasteiger partial charge < -0.3 is 10.0 Å². The summed E-state index contributed by atoms with van der Waals surface area (Å²) in [6.45, 7) is 1.22. The van der Waals surface area contributed by atoms with E-state index < -0.39 is 5.97 Å². The molecule has 92 valence electrons. The Hall–Kier alpha value is -0.880. The number of hydrogen-bond acceptors (Lipinski definition) is 3. The van der Waals surface area contributed by atoms with Gasteiger partial charge in [-0.05, 0) is 40.4 Å². The van der Waals surface area contributed by atoms with Crippen LogP contribution in [0.15, 0.2) is 15.9 Å². The minimum absolute atomic E-state index is 0.00795. The Labute approximate surface area is 111 Å². The van der Waals surface area contributed by atoms with E-state index in [1.165, 1.54) is 11.3 Å². The number of carbonyl (C=O) groups is 2. The number of thiophene rings is 1. The van der Waals surface area contributed by atoms with E-state index in [9.17, 15) is 9.59 Å². The van der Waals surface area contributed by atoms with Crippen LogP contribution in [0.5, 0.6) is 0 Å². The molecule has 1 N–H and O–H groups in total. The van der Waals surface area contributed by atoms with E-state index in [1.54, 1.807) is 11.0 Å². The molecule has 1 aromatic heterocycles. The van der Waals surface area contributed by atoms with Gasteiger partial charge in [0.05, 0.1) is 8.66 Å². The molecule has 0 aromatic carbocycles. The molecule has 17 heavy (non-hydrogen) atoms. The molecule has 0 aliphatic carbocycles. The number of likely N-dealkylation sites (tertiary alicyclic amines) is 1. The van der Waals surface area contributed by atoms with E-state index in [1.807, 2.05) is 6.07 Å². The highest BCUT2D eigenvalue weighted by molar-refractivity contribution is 9.11. The second kappa shape index (κ2) is 5.18. The maximum atomic E-state index is 12.1. The lowest BCUT2D eigenvalue weighted by atomic mass is 10.1. The van der Waals surface area contributed by atoms with Gasteiger partial charge in [0.25, 0.3) is 5.91 Å². The zero-order chi connectivity index (χ0) is 12.4. The summed E-state index contributed by atoms with van der Waals surface area (Å²) in [7, 11) is 0. The lowest BCUT2D eigenvalue weighted by Gasteiger charge is -2.14. The van der Waals surface area contributed by atoms with Gasteiger partial charge in [-0.25, -0.2) is 0 Å². The van der Waals surface area contributed by atoms with Crippen LogP contribution in [0.1, 0.15) is 22.5 Å². The van der Waals surface area contributed by atoms with Gasteiger partial charge in [-0.1, -0.05) is 0 Å². The van der Waals surface area contributed by atoms with Crippen molar-refractivity contribution in [2.75, 3.05) is 13.1 Å². The SMILES string of the molecule is O=C(O)CC1CCN(C(=O)c2ccc(Br)s2)C1. The quantitative estimate of drug-likeness (QED) is 0.931. The summed E-state index contributed by atoms with van der Waals surface area (Å²) in [5.41, 5.74) is 0. The van der Waals surface area contributed by atoms with Gasteiger partial charge in [-0.3, -0.25) is 9.59 Å². The third-order valence-corrected chi connectivity index (χ3v) is 4.43. The zero-order valence-corrected chi connectivity index (χ0v) is 11.5. The van der Waals surface area contributed by atoms with E-state index in [0.29, 0.717) is 18.0 Å². The van der Waals surface area contributed by atoms with Crippen LogP contribution in [-0.2, 0) is 4.79 Å². The Morgan fingerprint density at radius 2 is 2.29 bits per heavy atom. The number of amides is 1. The van der Waals surface area contributed by atoms with Crippen molar-refractivity contribution in [1.29, 1.82) is 0 Å². The molecule has 1 amide bonds. The Morgan fingerprint density at radius 1 is 1.53 bits per heavy atom. The van der Waals surface area contributed by atoms with Crippen molar-refractivity contribution in [3.05, 3.63) is 20.8 Å². The van der Waals surface area contributed by atoms with E-state index in [2.05, 4.69) is 15.9 Å². The molecule has 2 heterocycles. The molecule has 0 spiro atoms. The molecule has 1 atom stereocenters. The van der Waals surface area contributed by atoms with Crippen molar-refractivity contribution >= 4 is 39.1 Å². The van der Waals surface area contributed by atoms with Gasteiger partial charge in [0, 0.05) is 19.5 Å². The molecule has 1 aromatic rings. The summed E-state index contributed by atoms with van der Waals surface area (Å²) < 4.78 is 0.933. The van der Waals surface area contributed by atoms with Crippen LogP contribution >= 0.6 is 27.3 Å². The van der Waals surface area contributed by atoms with Crippen LogP contribution in [0.3, 0.4) is 0 Å². The number of aliphatic carboxylic acids is 1. The van der Waals surface area contributed by atoms with E-state index in [4.69, 9.17) is 5.11 Å². The predicted octanol–water partition coefficient (Wildman–Crippen LogP) is 2.45. The van der Waals surface area contributed by atoms with Gasteiger partial charge >= 0.3 is 5.97 Å². The predicted molar refractivity (Wildman–Crippen MR) is 68.3 cm³/mol. The first kappa shape index (κ1) is 12.6. The average molecular weight is 318 g/mol. The fraction of sp³-hybridized carbons (Fsp3) is 0.455. The summed E-state index contributed by atoms with van der Waals surface area (Å²) in [5, 5.41) is 8.71. The van der Waals surface area contributed by atoms with Gasteiger partial charge in [0.15, 0.2) is 0 Å². The molecular formula is C11H12BrNO3S. The molecule has 0 radical (unpaired) electrons. The summed E-state index contributed by atoms with van der Waals surface area (Å²) in [6.07, 6.45) is 0.933. The molecule has 0 saturated carbocycles. The summed E-state index contributed by atoms with van der Waals surface area (Å²) in [6, 6.07) is 3.64. The van der Waals surface area contributed by atoms with E-state index in [-0.39, 0.29) is 18.2 Å². The monoisotopic (exact) mass is 317 g/mol. The van der Waals surface area contributed by atoms with Crippen molar-refractivity contribution < 1.29 is 14.7 Å². The molecule has 1 unspecified atom stereocenters. The molecule has 0 bridgehead atoms. The zero-order valence-electron chi connectivity index (χ0n) is 9.06. The highest BCUT2D eigenvalue weighted by Crippen LogP contribution is 2.26.